The van der Waals surface area contributed by atoms with E-state index in [0.29, 0.717) is 11.0 Å². The minimum Gasteiger partial charge on any atom is -0.314 e. The molecule has 1 heterocycles. The van der Waals surface area contributed by atoms with Crippen molar-refractivity contribution in [2.24, 2.45) is 5.41 Å². The topological polar surface area (TPSA) is 15.3 Å². The van der Waals surface area contributed by atoms with E-state index in [-0.39, 0.29) is 0 Å². The first kappa shape index (κ1) is 9.47. The monoisotopic (exact) mass is 182 g/mol. The fourth-order valence-electron chi connectivity index (χ4n) is 2.47. The summed E-state index contributed by atoms with van der Waals surface area (Å²) >= 11 is 0. The number of hydrogen-bond acceptors (Lipinski definition) is 2. The van der Waals surface area contributed by atoms with E-state index in [2.05, 4.69) is 31.0 Å². The maximum atomic E-state index is 3.61. The Labute approximate surface area is 81.7 Å². The molecule has 1 saturated heterocycles. The maximum absolute atomic E-state index is 3.61. The molecule has 2 aliphatic rings. The Morgan fingerprint density at radius 2 is 1.92 bits per heavy atom. The summed E-state index contributed by atoms with van der Waals surface area (Å²) in [7, 11) is 0. The molecule has 0 aromatic rings. The van der Waals surface area contributed by atoms with Crippen molar-refractivity contribution in [2.45, 2.75) is 39.2 Å². The molecule has 1 aliphatic heterocycles. The Morgan fingerprint density at radius 1 is 1.23 bits per heavy atom. The fraction of sp³-hybridized carbons (Fsp3) is 1.00. The van der Waals surface area contributed by atoms with Crippen molar-refractivity contribution in [1.82, 2.24) is 10.2 Å². The number of nitrogens with zero attached hydrogens (tertiary/aromatic N) is 1. The lowest BCUT2D eigenvalue weighted by atomic mass is 10.0. The van der Waals surface area contributed by atoms with Crippen molar-refractivity contribution < 1.29 is 0 Å². The van der Waals surface area contributed by atoms with Crippen LogP contribution >= 0.6 is 0 Å². The molecule has 1 spiro atoms. The van der Waals surface area contributed by atoms with Crippen LogP contribution in [0.4, 0.5) is 0 Å². The van der Waals surface area contributed by atoms with Gasteiger partial charge in [0.1, 0.15) is 0 Å². The highest BCUT2D eigenvalue weighted by Gasteiger charge is 2.47. The van der Waals surface area contributed by atoms with Gasteiger partial charge < -0.3 is 5.32 Å². The van der Waals surface area contributed by atoms with Gasteiger partial charge in [-0.05, 0) is 38.6 Å². The van der Waals surface area contributed by atoms with Crippen LogP contribution in [0, 0.1) is 5.41 Å². The van der Waals surface area contributed by atoms with Crippen LogP contribution in [0.25, 0.3) is 0 Å². The third-order valence-electron chi connectivity index (χ3n) is 3.78. The Hall–Kier alpha value is -0.0800. The SMILES string of the molecule is CCN1CC2(CC2)CNCC1(C)C. The van der Waals surface area contributed by atoms with E-state index in [9.17, 15) is 0 Å². The molecule has 1 N–H and O–H groups in total. The lowest BCUT2D eigenvalue weighted by molar-refractivity contribution is 0.123. The molecule has 0 unspecified atom stereocenters. The Balaban J connectivity index is 2.09. The molecule has 1 aliphatic carbocycles. The summed E-state index contributed by atoms with van der Waals surface area (Å²) in [6.07, 6.45) is 2.87. The van der Waals surface area contributed by atoms with Crippen molar-refractivity contribution >= 4 is 0 Å². The van der Waals surface area contributed by atoms with Gasteiger partial charge in [0, 0.05) is 25.2 Å². The smallest absolute Gasteiger partial charge is 0.0277 e. The van der Waals surface area contributed by atoms with Gasteiger partial charge in [-0.15, -0.1) is 0 Å². The summed E-state index contributed by atoms with van der Waals surface area (Å²) in [5.41, 5.74) is 1.00. The predicted octanol–water partition coefficient (Wildman–Crippen LogP) is 1.47. The summed E-state index contributed by atoms with van der Waals surface area (Å²) in [6, 6.07) is 0. The van der Waals surface area contributed by atoms with Gasteiger partial charge >= 0.3 is 0 Å². The molecule has 0 aromatic carbocycles. The molecule has 76 valence electrons. The highest BCUT2D eigenvalue weighted by Crippen LogP contribution is 2.47. The van der Waals surface area contributed by atoms with E-state index in [1.807, 2.05) is 0 Å². The minimum atomic E-state index is 0.348. The van der Waals surface area contributed by atoms with Gasteiger partial charge in [0.05, 0.1) is 0 Å². The average molecular weight is 182 g/mol. The summed E-state index contributed by atoms with van der Waals surface area (Å²) in [5.74, 6) is 0. The summed E-state index contributed by atoms with van der Waals surface area (Å²) in [6.45, 7) is 11.9. The van der Waals surface area contributed by atoms with E-state index < -0.39 is 0 Å². The van der Waals surface area contributed by atoms with Crippen LogP contribution in [0.15, 0.2) is 0 Å². The quantitative estimate of drug-likeness (QED) is 0.660. The van der Waals surface area contributed by atoms with Crippen molar-refractivity contribution in [3.63, 3.8) is 0 Å². The first-order valence-corrected chi connectivity index (χ1v) is 5.54. The molecule has 0 bridgehead atoms. The Kier molecular flexibility index (Phi) is 2.16. The van der Waals surface area contributed by atoms with Crippen LogP contribution < -0.4 is 5.32 Å². The van der Waals surface area contributed by atoms with Gasteiger partial charge in [-0.2, -0.15) is 0 Å². The van der Waals surface area contributed by atoms with Crippen molar-refractivity contribution in [3.05, 3.63) is 0 Å². The highest BCUT2D eigenvalue weighted by atomic mass is 15.2. The molecule has 2 heteroatoms. The average Bonchev–Trinajstić information content (AvgIpc) is 2.81. The molecule has 0 atom stereocenters. The lowest BCUT2D eigenvalue weighted by Gasteiger charge is -2.37. The van der Waals surface area contributed by atoms with Crippen LogP contribution in [-0.4, -0.2) is 36.6 Å². The zero-order valence-electron chi connectivity index (χ0n) is 9.19. The van der Waals surface area contributed by atoms with E-state index in [0.717, 1.165) is 6.54 Å². The van der Waals surface area contributed by atoms with Crippen LogP contribution in [0.1, 0.15) is 33.6 Å². The Morgan fingerprint density at radius 3 is 2.46 bits per heavy atom. The predicted molar refractivity (Wildman–Crippen MR) is 55.9 cm³/mol. The molecular formula is C11H22N2. The zero-order valence-corrected chi connectivity index (χ0v) is 9.19. The molecular weight excluding hydrogens is 160 g/mol. The van der Waals surface area contributed by atoms with E-state index >= 15 is 0 Å². The van der Waals surface area contributed by atoms with Gasteiger partial charge in [0.15, 0.2) is 0 Å². The second-order valence-electron chi connectivity index (χ2n) is 5.43. The van der Waals surface area contributed by atoms with E-state index in [4.69, 9.17) is 0 Å². The summed E-state index contributed by atoms with van der Waals surface area (Å²) < 4.78 is 0. The first-order valence-electron chi connectivity index (χ1n) is 5.54. The summed E-state index contributed by atoms with van der Waals surface area (Å²) in [5, 5.41) is 3.61. The molecule has 0 amide bonds. The van der Waals surface area contributed by atoms with Crippen molar-refractivity contribution in [3.8, 4) is 0 Å². The van der Waals surface area contributed by atoms with Gasteiger partial charge in [-0.1, -0.05) is 6.92 Å². The van der Waals surface area contributed by atoms with Gasteiger partial charge in [-0.3, -0.25) is 4.90 Å². The number of likely N-dealkylation sites (N-methyl/N-ethyl adjacent to an activating group) is 1. The number of rotatable bonds is 1. The standard InChI is InChI=1S/C11H22N2/c1-4-13-9-11(5-6-11)8-12-7-10(13,2)3/h12H,4-9H2,1-3H3. The minimum absolute atomic E-state index is 0.348. The largest absolute Gasteiger partial charge is 0.314 e. The molecule has 13 heavy (non-hydrogen) atoms. The molecule has 2 rings (SSSR count). The van der Waals surface area contributed by atoms with Gasteiger partial charge in [-0.25, -0.2) is 0 Å². The third kappa shape index (κ3) is 1.75. The van der Waals surface area contributed by atoms with Gasteiger partial charge in [0.25, 0.3) is 0 Å². The lowest BCUT2D eigenvalue weighted by Crippen LogP contribution is -2.48. The molecule has 0 radical (unpaired) electrons. The Bertz CT molecular complexity index is 194. The molecule has 2 nitrogen and oxygen atoms in total. The van der Waals surface area contributed by atoms with Crippen LogP contribution in [-0.2, 0) is 0 Å². The van der Waals surface area contributed by atoms with Crippen molar-refractivity contribution in [2.75, 3.05) is 26.2 Å². The van der Waals surface area contributed by atoms with Gasteiger partial charge in [0.2, 0.25) is 0 Å². The third-order valence-corrected chi connectivity index (χ3v) is 3.78. The maximum Gasteiger partial charge on any atom is 0.0277 e. The normalized spacial score (nSPS) is 31.6. The second kappa shape index (κ2) is 2.96. The molecule has 0 aromatic heterocycles. The van der Waals surface area contributed by atoms with Crippen LogP contribution in [0.3, 0.4) is 0 Å². The highest BCUT2D eigenvalue weighted by molar-refractivity contribution is 5.02. The van der Waals surface area contributed by atoms with Crippen LogP contribution in [0.5, 0.6) is 0 Å². The zero-order chi connectivity index (χ0) is 9.53. The van der Waals surface area contributed by atoms with E-state index in [1.54, 1.807) is 0 Å². The second-order valence-corrected chi connectivity index (χ2v) is 5.43. The van der Waals surface area contributed by atoms with E-state index in [1.165, 1.54) is 32.5 Å². The number of hydrogen-bond donors (Lipinski definition) is 1. The number of nitrogens with one attached hydrogen (secondary N) is 1. The fourth-order valence-corrected chi connectivity index (χ4v) is 2.47. The summed E-state index contributed by atoms with van der Waals surface area (Å²) in [4.78, 5) is 2.64. The van der Waals surface area contributed by atoms with Crippen LogP contribution in [0.2, 0.25) is 0 Å². The molecule has 2 fully saturated rings. The molecule has 1 saturated carbocycles. The first-order chi connectivity index (χ1) is 6.08. The van der Waals surface area contributed by atoms with Crippen molar-refractivity contribution in [1.29, 1.82) is 0 Å².